The third kappa shape index (κ3) is 2.32. The molecule has 5 aliphatic rings. The maximum Gasteiger partial charge on any atom is 0.226 e. The van der Waals surface area contributed by atoms with Crippen LogP contribution in [0, 0.1) is 35.5 Å². The van der Waals surface area contributed by atoms with Gasteiger partial charge in [-0.15, -0.1) is 0 Å². The van der Waals surface area contributed by atoms with Crippen LogP contribution < -0.4 is 5.32 Å². The van der Waals surface area contributed by atoms with Gasteiger partial charge in [-0.1, -0.05) is 6.92 Å². The van der Waals surface area contributed by atoms with Crippen molar-refractivity contribution in [2.24, 2.45) is 35.5 Å². The molecule has 0 aromatic rings. The minimum absolute atomic E-state index is 0.385. The number of amides is 1. The van der Waals surface area contributed by atoms with Crippen LogP contribution in [0.2, 0.25) is 0 Å². The molecule has 3 heteroatoms. The molecule has 1 heterocycles. The molecule has 3 nitrogen and oxygen atoms in total. The number of hydrogen-bond donors (Lipinski definition) is 1. The van der Waals surface area contributed by atoms with Crippen LogP contribution in [0.25, 0.3) is 0 Å². The SMILES string of the molecule is CNC1CCN(C(=O)C2C3CC4CC(C3)CC2C4)CC1C. The van der Waals surface area contributed by atoms with Gasteiger partial charge in [-0.25, -0.2) is 0 Å². The number of carbonyl (C=O) groups excluding carboxylic acids is 1. The molecule has 4 saturated carbocycles. The summed E-state index contributed by atoms with van der Waals surface area (Å²) in [5.41, 5.74) is 0. The van der Waals surface area contributed by atoms with Crippen LogP contribution in [0.3, 0.4) is 0 Å². The van der Waals surface area contributed by atoms with Gasteiger partial charge < -0.3 is 10.2 Å². The summed E-state index contributed by atoms with van der Waals surface area (Å²) in [6.07, 6.45) is 8.00. The maximum absolute atomic E-state index is 13.1. The van der Waals surface area contributed by atoms with Crippen molar-refractivity contribution in [3.63, 3.8) is 0 Å². The first-order valence-corrected chi connectivity index (χ1v) is 9.11. The van der Waals surface area contributed by atoms with Gasteiger partial charge in [0, 0.05) is 25.0 Å². The molecular weight excluding hydrogens is 260 g/mol. The Morgan fingerprint density at radius 1 is 1.05 bits per heavy atom. The third-order valence-corrected chi connectivity index (χ3v) is 7.10. The Kier molecular flexibility index (Phi) is 3.52. The van der Waals surface area contributed by atoms with Crippen LogP contribution >= 0.6 is 0 Å². The fraction of sp³-hybridized carbons (Fsp3) is 0.944. The average Bonchev–Trinajstić information content (AvgIpc) is 2.45. The van der Waals surface area contributed by atoms with Gasteiger partial charge in [0.25, 0.3) is 0 Å². The molecule has 5 rings (SSSR count). The van der Waals surface area contributed by atoms with E-state index >= 15 is 0 Å². The smallest absolute Gasteiger partial charge is 0.226 e. The van der Waals surface area contributed by atoms with Crippen molar-refractivity contribution < 1.29 is 4.79 Å². The van der Waals surface area contributed by atoms with Gasteiger partial charge in [0.1, 0.15) is 0 Å². The standard InChI is InChI=1S/C18H30N2O/c1-11-10-20(4-3-16(11)19-2)18(21)17-14-6-12-5-13(8-14)9-15(17)7-12/h11-17,19H,3-10H2,1-2H3. The fourth-order valence-electron chi connectivity index (χ4n) is 6.31. The molecule has 118 valence electrons. The van der Waals surface area contributed by atoms with E-state index in [4.69, 9.17) is 0 Å². The van der Waals surface area contributed by atoms with Gasteiger partial charge in [-0.2, -0.15) is 0 Å². The first-order chi connectivity index (χ1) is 10.2. The zero-order chi connectivity index (χ0) is 14.6. The van der Waals surface area contributed by atoms with Gasteiger partial charge in [0.15, 0.2) is 0 Å². The average molecular weight is 290 g/mol. The van der Waals surface area contributed by atoms with Crippen LogP contribution in [-0.2, 0) is 4.79 Å². The molecule has 1 N–H and O–H groups in total. The zero-order valence-corrected chi connectivity index (χ0v) is 13.6. The van der Waals surface area contributed by atoms with Gasteiger partial charge in [0.05, 0.1) is 0 Å². The first-order valence-electron chi connectivity index (χ1n) is 9.11. The number of nitrogens with zero attached hydrogens (tertiary/aromatic N) is 1. The second-order valence-electron chi connectivity index (χ2n) is 8.40. The van der Waals surface area contributed by atoms with E-state index in [2.05, 4.69) is 24.2 Å². The van der Waals surface area contributed by atoms with Crippen molar-refractivity contribution in [2.45, 2.75) is 51.5 Å². The van der Waals surface area contributed by atoms with Gasteiger partial charge in [-0.05, 0) is 75.2 Å². The Balaban J connectivity index is 1.46. The molecule has 21 heavy (non-hydrogen) atoms. The molecule has 0 aromatic heterocycles. The Bertz CT molecular complexity index is 393. The molecule has 0 spiro atoms. The molecular formula is C18H30N2O. The van der Waals surface area contributed by atoms with Crippen LogP contribution in [0.1, 0.15) is 45.4 Å². The summed E-state index contributed by atoms with van der Waals surface area (Å²) in [5, 5.41) is 3.41. The number of rotatable bonds is 2. The normalized spacial score (nSPS) is 48.7. The number of hydrogen-bond acceptors (Lipinski definition) is 2. The van der Waals surface area contributed by atoms with Crippen LogP contribution in [0.5, 0.6) is 0 Å². The highest BCUT2D eigenvalue weighted by Crippen LogP contribution is 2.56. The van der Waals surface area contributed by atoms with Crippen molar-refractivity contribution >= 4 is 5.91 Å². The van der Waals surface area contributed by atoms with Crippen LogP contribution in [-0.4, -0.2) is 37.0 Å². The quantitative estimate of drug-likeness (QED) is 0.847. The van der Waals surface area contributed by atoms with E-state index in [1.807, 2.05) is 0 Å². The Morgan fingerprint density at radius 2 is 1.67 bits per heavy atom. The second kappa shape index (κ2) is 5.26. The highest BCUT2D eigenvalue weighted by molar-refractivity contribution is 5.80. The molecule has 4 aliphatic carbocycles. The minimum atomic E-state index is 0.385. The predicted octanol–water partition coefficient (Wildman–Crippen LogP) is 2.52. The zero-order valence-electron chi connectivity index (χ0n) is 13.6. The summed E-state index contributed by atoms with van der Waals surface area (Å²) in [4.78, 5) is 15.3. The Labute approximate surface area is 128 Å². The molecule has 5 fully saturated rings. The van der Waals surface area contributed by atoms with Gasteiger partial charge in [0.2, 0.25) is 5.91 Å². The summed E-state index contributed by atoms with van der Waals surface area (Å²) < 4.78 is 0. The first kappa shape index (κ1) is 14.0. The molecule has 0 radical (unpaired) electrons. The van der Waals surface area contributed by atoms with Gasteiger partial charge in [-0.3, -0.25) is 4.79 Å². The summed E-state index contributed by atoms with van der Waals surface area (Å²) in [5.74, 6) is 4.87. The van der Waals surface area contributed by atoms with Crippen molar-refractivity contribution in [1.29, 1.82) is 0 Å². The third-order valence-electron chi connectivity index (χ3n) is 7.10. The van der Waals surface area contributed by atoms with Crippen LogP contribution in [0.15, 0.2) is 0 Å². The highest BCUT2D eigenvalue weighted by atomic mass is 16.2. The number of piperidine rings is 1. The summed E-state index contributed by atoms with van der Waals surface area (Å²) in [6.45, 7) is 4.22. The highest BCUT2D eigenvalue weighted by Gasteiger charge is 2.51. The lowest BCUT2D eigenvalue weighted by molar-refractivity contribution is -0.151. The number of nitrogens with one attached hydrogen (secondary N) is 1. The Hall–Kier alpha value is -0.570. The molecule has 1 aliphatic heterocycles. The van der Waals surface area contributed by atoms with Crippen LogP contribution in [0.4, 0.5) is 0 Å². The Morgan fingerprint density at radius 3 is 2.19 bits per heavy atom. The van der Waals surface area contributed by atoms with E-state index in [-0.39, 0.29) is 0 Å². The molecule has 2 atom stereocenters. The van der Waals surface area contributed by atoms with Crippen molar-refractivity contribution in [3.8, 4) is 0 Å². The topological polar surface area (TPSA) is 32.3 Å². The fourth-order valence-corrected chi connectivity index (χ4v) is 6.31. The van der Waals surface area contributed by atoms with E-state index in [0.29, 0.717) is 23.8 Å². The lowest BCUT2D eigenvalue weighted by Crippen LogP contribution is -2.55. The van der Waals surface area contributed by atoms with E-state index in [0.717, 1.165) is 43.2 Å². The van der Waals surface area contributed by atoms with Crippen molar-refractivity contribution in [3.05, 3.63) is 0 Å². The predicted molar refractivity (Wildman–Crippen MR) is 83.7 cm³/mol. The molecule has 4 bridgehead atoms. The summed E-state index contributed by atoms with van der Waals surface area (Å²) in [6, 6.07) is 0.590. The minimum Gasteiger partial charge on any atom is -0.342 e. The number of likely N-dealkylation sites (tertiary alicyclic amines) is 1. The van der Waals surface area contributed by atoms with Gasteiger partial charge >= 0.3 is 0 Å². The van der Waals surface area contributed by atoms with E-state index in [9.17, 15) is 4.79 Å². The second-order valence-corrected chi connectivity index (χ2v) is 8.40. The monoisotopic (exact) mass is 290 g/mol. The molecule has 1 amide bonds. The lowest BCUT2D eigenvalue weighted by Gasteiger charge is -2.54. The van der Waals surface area contributed by atoms with E-state index < -0.39 is 0 Å². The van der Waals surface area contributed by atoms with E-state index in [1.165, 1.54) is 32.1 Å². The molecule has 1 saturated heterocycles. The molecule has 2 unspecified atom stereocenters. The largest absolute Gasteiger partial charge is 0.342 e. The lowest BCUT2D eigenvalue weighted by atomic mass is 9.51. The maximum atomic E-state index is 13.1. The van der Waals surface area contributed by atoms with Crippen molar-refractivity contribution in [2.75, 3.05) is 20.1 Å². The summed E-state index contributed by atoms with van der Waals surface area (Å²) >= 11 is 0. The van der Waals surface area contributed by atoms with Crippen molar-refractivity contribution in [1.82, 2.24) is 10.2 Å². The number of carbonyl (C=O) groups is 1. The van der Waals surface area contributed by atoms with E-state index in [1.54, 1.807) is 0 Å². The summed E-state index contributed by atoms with van der Waals surface area (Å²) in [7, 11) is 2.05. The molecule has 0 aromatic carbocycles.